The molecule has 4 rings (SSSR count). The Morgan fingerprint density at radius 2 is 1.63 bits per heavy atom. The highest BCUT2D eigenvalue weighted by molar-refractivity contribution is 6.01. The second-order valence-electron chi connectivity index (χ2n) is 7.12. The molecular formula is C23H25NO6. The number of carbonyl (C=O) groups is 1. The summed E-state index contributed by atoms with van der Waals surface area (Å²) in [6.45, 7) is 0.477. The quantitative estimate of drug-likeness (QED) is 0.776. The highest BCUT2D eigenvalue weighted by Gasteiger charge is 2.38. The summed E-state index contributed by atoms with van der Waals surface area (Å²) in [4.78, 5) is 12.8. The maximum absolute atomic E-state index is 12.8. The first-order valence-electron chi connectivity index (χ1n) is 9.60. The number of fused-ring (bicyclic) bond motifs is 2. The van der Waals surface area contributed by atoms with Crippen LogP contribution in [-0.4, -0.2) is 54.1 Å². The van der Waals surface area contributed by atoms with E-state index in [1.54, 1.807) is 35.5 Å². The summed E-state index contributed by atoms with van der Waals surface area (Å²) in [7, 11) is 7.98. The lowest BCUT2D eigenvalue weighted by Crippen LogP contribution is -2.22. The Morgan fingerprint density at radius 3 is 2.20 bits per heavy atom. The summed E-state index contributed by atoms with van der Waals surface area (Å²) in [6, 6.07) is 3.77. The predicted molar refractivity (Wildman–Crippen MR) is 111 cm³/mol. The molecular weight excluding hydrogens is 386 g/mol. The lowest BCUT2D eigenvalue weighted by atomic mass is 9.76. The Bertz CT molecular complexity index is 992. The van der Waals surface area contributed by atoms with Gasteiger partial charge in [-0.3, -0.25) is 4.79 Å². The van der Waals surface area contributed by atoms with E-state index in [1.165, 1.54) is 0 Å². The van der Waals surface area contributed by atoms with Crippen LogP contribution < -0.4 is 19.5 Å². The number of rotatable bonds is 6. The molecule has 1 aromatic carbocycles. The molecule has 2 atom stereocenters. The van der Waals surface area contributed by atoms with E-state index in [0.717, 1.165) is 33.6 Å². The van der Waals surface area contributed by atoms with E-state index in [-0.39, 0.29) is 17.9 Å². The third-order valence-corrected chi connectivity index (χ3v) is 5.72. The number of hydrogen-bond donors (Lipinski definition) is 1. The first-order valence-corrected chi connectivity index (χ1v) is 9.60. The van der Waals surface area contributed by atoms with Gasteiger partial charge in [-0.2, -0.15) is 0 Å². The molecule has 1 N–H and O–H groups in total. The minimum Gasteiger partial charge on any atom is -0.498 e. The zero-order chi connectivity index (χ0) is 21.4. The average molecular weight is 411 g/mol. The monoisotopic (exact) mass is 411 g/mol. The summed E-state index contributed by atoms with van der Waals surface area (Å²) >= 11 is 0. The van der Waals surface area contributed by atoms with Gasteiger partial charge in [0.15, 0.2) is 11.5 Å². The van der Waals surface area contributed by atoms with E-state index in [4.69, 9.17) is 23.7 Å². The number of methoxy groups -OCH3 is 5. The van der Waals surface area contributed by atoms with Crippen LogP contribution in [0.15, 0.2) is 58.4 Å². The predicted octanol–water partition coefficient (Wildman–Crippen LogP) is 2.65. The van der Waals surface area contributed by atoms with Crippen LogP contribution in [0.5, 0.6) is 17.2 Å². The number of ether oxygens (including phenoxy) is 5. The van der Waals surface area contributed by atoms with Gasteiger partial charge in [0.25, 0.3) is 0 Å². The van der Waals surface area contributed by atoms with Crippen molar-refractivity contribution in [3.8, 4) is 17.2 Å². The summed E-state index contributed by atoms with van der Waals surface area (Å²) in [5.41, 5.74) is 4.57. The van der Waals surface area contributed by atoms with Crippen LogP contribution in [-0.2, 0) is 14.3 Å². The Morgan fingerprint density at radius 1 is 0.933 bits per heavy atom. The molecule has 1 heterocycles. The van der Waals surface area contributed by atoms with Crippen LogP contribution in [0.3, 0.4) is 0 Å². The van der Waals surface area contributed by atoms with E-state index >= 15 is 0 Å². The molecule has 7 nitrogen and oxygen atoms in total. The van der Waals surface area contributed by atoms with Crippen molar-refractivity contribution >= 4 is 5.91 Å². The molecule has 158 valence electrons. The van der Waals surface area contributed by atoms with E-state index in [1.807, 2.05) is 24.3 Å². The van der Waals surface area contributed by atoms with Gasteiger partial charge in [0, 0.05) is 25.1 Å². The van der Waals surface area contributed by atoms with Crippen LogP contribution in [0.4, 0.5) is 0 Å². The minimum absolute atomic E-state index is 0.0737. The van der Waals surface area contributed by atoms with Crippen LogP contribution in [0.25, 0.3) is 0 Å². The zero-order valence-electron chi connectivity index (χ0n) is 17.7. The number of nitrogens with one attached hydrogen (secondary N) is 1. The van der Waals surface area contributed by atoms with Crippen LogP contribution in [0.2, 0.25) is 0 Å². The second kappa shape index (κ2) is 7.91. The van der Waals surface area contributed by atoms with Crippen molar-refractivity contribution in [1.29, 1.82) is 0 Å². The molecule has 1 aromatic rings. The molecule has 2 unspecified atom stereocenters. The van der Waals surface area contributed by atoms with Crippen LogP contribution in [0, 0.1) is 0 Å². The van der Waals surface area contributed by atoms with E-state index in [2.05, 4.69) is 11.4 Å². The normalized spacial score (nSPS) is 22.3. The van der Waals surface area contributed by atoms with Crippen molar-refractivity contribution in [2.75, 3.05) is 42.1 Å². The molecule has 2 aliphatic carbocycles. The number of benzene rings is 1. The lowest BCUT2D eigenvalue weighted by molar-refractivity contribution is -0.116. The topological polar surface area (TPSA) is 75.3 Å². The second-order valence-corrected chi connectivity index (χ2v) is 7.12. The van der Waals surface area contributed by atoms with Gasteiger partial charge in [0.2, 0.25) is 11.7 Å². The van der Waals surface area contributed by atoms with Crippen molar-refractivity contribution in [1.82, 2.24) is 5.32 Å². The van der Waals surface area contributed by atoms with Gasteiger partial charge >= 0.3 is 0 Å². The maximum Gasteiger partial charge on any atom is 0.248 e. The lowest BCUT2D eigenvalue weighted by Gasteiger charge is -2.29. The molecule has 0 saturated heterocycles. The standard InChI is InChI=1S/C23H25NO6/c1-26-17-7-12-6-15(13-8-19(28-3)22(30-5)20(9-13)29-4)21-16(11-24-23(21)25)14(12)10-18(17)27-2/h6-10,15,18H,11H2,1-5H3,(H,24,25). The molecule has 7 heteroatoms. The van der Waals surface area contributed by atoms with Crippen molar-refractivity contribution in [2.45, 2.75) is 12.0 Å². The fraction of sp³-hybridized carbons (Fsp3) is 0.348. The molecule has 30 heavy (non-hydrogen) atoms. The largest absolute Gasteiger partial charge is 0.498 e. The Hall–Kier alpha value is -3.19. The molecule has 0 spiro atoms. The van der Waals surface area contributed by atoms with Crippen molar-refractivity contribution in [3.05, 3.63) is 64.0 Å². The summed E-state index contributed by atoms with van der Waals surface area (Å²) in [5.74, 6) is 1.98. The first kappa shape index (κ1) is 20.1. The van der Waals surface area contributed by atoms with Gasteiger partial charge in [-0.1, -0.05) is 6.08 Å². The Labute approximate surface area is 175 Å². The summed E-state index contributed by atoms with van der Waals surface area (Å²) in [6.07, 6.45) is 5.76. The van der Waals surface area contributed by atoms with Crippen LogP contribution in [0.1, 0.15) is 11.5 Å². The van der Waals surface area contributed by atoms with E-state index < -0.39 is 0 Å². The number of amides is 1. The molecule has 0 radical (unpaired) electrons. The maximum atomic E-state index is 12.8. The molecule has 0 bridgehead atoms. The van der Waals surface area contributed by atoms with Gasteiger partial charge in [-0.25, -0.2) is 0 Å². The molecule has 0 fully saturated rings. The highest BCUT2D eigenvalue weighted by Crippen LogP contribution is 2.47. The molecule has 1 aliphatic heterocycles. The van der Waals surface area contributed by atoms with Gasteiger partial charge in [-0.15, -0.1) is 0 Å². The zero-order valence-corrected chi connectivity index (χ0v) is 17.7. The van der Waals surface area contributed by atoms with Gasteiger partial charge in [0.1, 0.15) is 11.9 Å². The van der Waals surface area contributed by atoms with Crippen LogP contribution >= 0.6 is 0 Å². The molecule has 1 amide bonds. The Balaban J connectivity index is 1.89. The third kappa shape index (κ3) is 3.06. The third-order valence-electron chi connectivity index (χ3n) is 5.72. The molecule has 0 saturated carbocycles. The molecule has 0 aromatic heterocycles. The smallest absolute Gasteiger partial charge is 0.248 e. The van der Waals surface area contributed by atoms with E-state index in [9.17, 15) is 4.79 Å². The Kier molecular flexibility index (Phi) is 5.30. The van der Waals surface area contributed by atoms with E-state index in [0.29, 0.717) is 23.8 Å². The van der Waals surface area contributed by atoms with Crippen molar-refractivity contribution < 1.29 is 28.5 Å². The fourth-order valence-corrected chi connectivity index (χ4v) is 4.29. The first-order chi connectivity index (χ1) is 14.6. The minimum atomic E-state index is -0.288. The van der Waals surface area contributed by atoms with Gasteiger partial charge in [0.05, 0.1) is 28.4 Å². The van der Waals surface area contributed by atoms with Crippen molar-refractivity contribution in [2.24, 2.45) is 0 Å². The average Bonchev–Trinajstić information content (AvgIpc) is 3.18. The highest BCUT2D eigenvalue weighted by atomic mass is 16.5. The van der Waals surface area contributed by atoms with Gasteiger partial charge in [-0.05, 0) is 46.6 Å². The number of allylic oxidation sites excluding steroid dienone is 3. The number of carbonyl (C=O) groups excluding carboxylic acids is 1. The SMILES string of the molecule is COC1=CC2=CC(c3cc(OC)c(OC)c(OC)c3)C3=C(CNC3=O)C2=CC1OC. The molecule has 3 aliphatic rings. The van der Waals surface area contributed by atoms with Gasteiger partial charge < -0.3 is 29.0 Å². The number of hydrogen-bond acceptors (Lipinski definition) is 6. The summed E-state index contributed by atoms with van der Waals surface area (Å²) in [5, 5.41) is 2.97. The fourth-order valence-electron chi connectivity index (χ4n) is 4.29. The van der Waals surface area contributed by atoms with Crippen molar-refractivity contribution in [3.63, 3.8) is 0 Å². The summed E-state index contributed by atoms with van der Waals surface area (Å²) < 4.78 is 27.5.